The molecule has 1 aromatic carbocycles. The van der Waals surface area contributed by atoms with Gasteiger partial charge in [-0.3, -0.25) is 5.32 Å². The van der Waals surface area contributed by atoms with Crippen LogP contribution in [-0.4, -0.2) is 49.4 Å². The van der Waals surface area contributed by atoms with Gasteiger partial charge in [0, 0.05) is 28.7 Å². The maximum atomic E-state index is 14.3. The van der Waals surface area contributed by atoms with Gasteiger partial charge in [0.2, 0.25) is 10.0 Å². The Morgan fingerprint density at radius 1 is 0.977 bits per heavy atom. The number of thiazole rings is 1. The summed E-state index contributed by atoms with van der Waals surface area (Å²) >= 11 is 0.799. The van der Waals surface area contributed by atoms with Crippen molar-refractivity contribution in [1.82, 2.24) is 15.0 Å². The average molecular weight is 649 g/mol. The number of nitrogens with zero attached hydrogens (tertiary/aromatic N) is 1. The predicted molar refractivity (Wildman–Crippen MR) is 158 cm³/mol. The van der Waals surface area contributed by atoms with Crippen LogP contribution in [0.5, 0.6) is 0 Å². The fourth-order valence-electron chi connectivity index (χ4n) is 4.61. The van der Waals surface area contributed by atoms with Crippen LogP contribution in [0.15, 0.2) is 23.1 Å². The molecule has 1 aliphatic rings. The maximum Gasteiger partial charge on any atom is 0.434 e. The first-order valence-electron chi connectivity index (χ1n) is 14.0. The van der Waals surface area contributed by atoms with E-state index in [1.165, 1.54) is 12.1 Å². The minimum atomic E-state index is -4.86. The number of nitrogens with one attached hydrogen (secondary N) is 3. The molecular weight excluding hydrogens is 609 g/mol. The molecule has 10 nitrogen and oxygen atoms in total. The molecule has 3 N–H and O–H groups in total. The molecule has 0 saturated heterocycles. The van der Waals surface area contributed by atoms with Crippen molar-refractivity contribution in [3.05, 3.63) is 28.9 Å². The molecule has 0 atom stereocenters. The van der Waals surface area contributed by atoms with E-state index in [0.717, 1.165) is 17.4 Å². The van der Waals surface area contributed by atoms with Crippen LogP contribution in [0.4, 0.5) is 28.4 Å². The van der Waals surface area contributed by atoms with Crippen LogP contribution in [-0.2, 0) is 25.7 Å². The van der Waals surface area contributed by atoms with Crippen LogP contribution < -0.4 is 15.4 Å². The number of rotatable bonds is 8. The lowest BCUT2D eigenvalue weighted by Gasteiger charge is -2.28. The average Bonchev–Trinajstić information content (AvgIpc) is 3.28. The molecule has 1 heterocycles. The van der Waals surface area contributed by atoms with E-state index in [1.807, 2.05) is 0 Å². The smallest absolute Gasteiger partial charge is 0.434 e. The van der Waals surface area contributed by atoms with Gasteiger partial charge in [-0.15, -0.1) is 11.3 Å². The zero-order chi connectivity index (χ0) is 32.3. The highest BCUT2D eigenvalue weighted by Gasteiger charge is 2.41. The number of hydrogen-bond donors (Lipinski definition) is 3. The van der Waals surface area contributed by atoms with Crippen molar-refractivity contribution in [1.29, 1.82) is 0 Å². The molecule has 1 fully saturated rings. The number of halogens is 3. The summed E-state index contributed by atoms with van der Waals surface area (Å²) < 4.78 is 82.7. The molecule has 0 bridgehead atoms. The van der Waals surface area contributed by atoms with Crippen molar-refractivity contribution >= 4 is 39.2 Å². The lowest BCUT2D eigenvalue weighted by atomic mass is 9.86. The minimum absolute atomic E-state index is 0.0313. The largest absolute Gasteiger partial charge is 0.447 e. The van der Waals surface area contributed by atoms with Gasteiger partial charge in [-0.05, 0) is 86.3 Å². The van der Waals surface area contributed by atoms with E-state index < -0.39 is 50.6 Å². The number of aromatic nitrogens is 1. The van der Waals surface area contributed by atoms with Gasteiger partial charge in [-0.1, -0.05) is 6.07 Å². The summed E-state index contributed by atoms with van der Waals surface area (Å²) in [6.45, 7) is 11.5. The predicted octanol–water partition coefficient (Wildman–Crippen LogP) is 7.02. The highest BCUT2D eigenvalue weighted by atomic mass is 32.2. The maximum absolute atomic E-state index is 14.3. The van der Waals surface area contributed by atoms with Crippen LogP contribution in [0.1, 0.15) is 90.8 Å². The minimum Gasteiger partial charge on any atom is -0.447 e. The van der Waals surface area contributed by atoms with Gasteiger partial charge in [-0.25, -0.2) is 27.7 Å². The molecule has 0 radical (unpaired) electrons. The van der Waals surface area contributed by atoms with Gasteiger partial charge in [0.25, 0.3) is 0 Å². The van der Waals surface area contributed by atoms with Crippen LogP contribution in [0.3, 0.4) is 0 Å². The van der Waals surface area contributed by atoms with Gasteiger partial charge >= 0.3 is 18.4 Å². The summed E-state index contributed by atoms with van der Waals surface area (Å²) in [5.74, 6) is -0.307. The number of benzene rings is 1. The zero-order valence-corrected chi connectivity index (χ0v) is 26.8. The molecule has 1 aliphatic carbocycles. The highest BCUT2D eigenvalue weighted by Crippen LogP contribution is 2.46. The molecule has 2 aromatic rings. The van der Waals surface area contributed by atoms with E-state index in [0.29, 0.717) is 25.7 Å². The summed E-state index contributed by atoms with van der Waals surface area (Å²) in [5.41, 5.74) is -2.29. The van der Waals surface area contributed by atoms with E-state index >= 15 is 0 Å². The Balaban J connectivity index is 2.01. The Hall–Kier alpha value is -2.91. The second-order valence-electron chi connectivity index (χ2n) is 12.0. The molecule has 1 saturated carbocycles. The van der Waals surface area contributed by atoms with Crippen LogP contribution in [0.25, 0.3) is 10.4 Å². The van der Waals surface area contributed by atoms with Gasteiger partial charge in [0.1, 0.15) is 0 Å². The van der Waals surface area contributed by atoms with Crippen molar-refractivity contribution in [2.24, 2.45) is 0 Å². The Bertz CT molecular complexity index is 1410. The third kappa shape index (κ3) is 9.80. The first-order chi connectivity index (χ1) is 19.7. The van der Waals surface area contributed by atoms with E-state index in [2.05, 4.69) is 20.3 Å². The molecular formula is C28H39F3N4O6S2. The lowest BCUT2D eigenvalue weighted by molar-refractivity contribution is -0.140. The number of carbonyl (C=O) groups excluding carboxylic acids is 2. The van der Waals surface area contributed by atoms with Crippen LogP contribution >= 0.6 is 11.3 Å². The molecule has 3 rings (SSSR count). The fraction of sp³-hybridized carbons (Fsp3) is 0.607. The molecule has 1 aromatic heterocycles. The van der Waals surface area contributed by atoms with E-state index in [1.54, 1.807) is 48.5 Å². The number of anilines is 1. The fourth-order valence-corrected chi connectivity index (χ4v) is 7.63. The Morgan fingerprint density at radius 3 is 2.09 bits per heavy atom. The number of alkyl carbamates (subject to hydrolysis) is 1. The SMILES string of the molecule is CC(C)OC(=O)Nc1ccc(-c2sc([C@H]3CC[C@H](NC(=O)OC(C)C)CC3)nc2C(F)(F)F)c(S(=O)(=O)NC(C)(C)C)c1. The standard InChI is InChI=1S/C28H39F3N4O6S2/c1-15(2)40-25(36)32-18-10-8-17(9-11-18)24-34-23(28(29,30)31)22(42-24)20-13-12-19(33-26(37)41-16(3)4)14-21(20)43(38,39)35-27(5,6)7/h12-18,35H,8-11H2,1-7H3,(H,32,36)(H,33,37)/t17-,18-. The van der Waals surface area contributed by atoms with Gasteiger partial charge < -0.3 is 14.8 Å². The Labute approximate surface area is 254 Å². The molecule has 15 heteroatoms. The summed E-state index contributed by atoms with van der Waals surface area (Å²) in [7, 11) is -4.37. The van der Waals surface area contributed by atoms with Crippen LogP contribution in [0, 0.1) is 0 Å². The number of amides is 2. The summed E-state index contributed by atoms with van der Waals surface area (Å²) in [4.78, 5) is 27.3. The van der Waals surface area contributed by atoms with Crippen molar-refractivity contribution in [3.63, 3.8) is 0 Å². The molecule has 240 valence electrons. The molecule has 0 aliphatic heterocycles. The van der Waals surface area contributed by atoms with Crippen molar-refractivity contribution in [2.45, 2.75) is 115 Å². The number of alkyl halides is 3. The summed E-state index contributed by atoms with van der Waals surface area (Å²) in [6.07, 6.45) is -4.96. The number of sulfonamides is 1. The third-order valence-corrected chi connectivity index (χ3v) is 9.25. The topological polar surface area (TPSA) is 136 Å². The van der Waals surface area contributed by atoms with Gasteiger partial charge in [-0.2, -0.15) is 13.2 Å². The lowest BCUT2D eigenvalue weighted by Crippen LogP contribution is -2.40. The van der Waals surface area contributed by atoms with Gasteiger partial charge in [0.05, 0.1) is 27.0 Å². The first-order valence-corrected chi connectivity index (χ1v) is 16.3. The number of ether oxygens (including phenoxy) is 2. The van der Waals surface area contributed by atoms with E-state index in [-0.39, 0.29) is 39.2 Å². The Kier molecular flexibility index (Phi) is 10.8. The van der Waals surface area contributed by atoms with E-state index in [4.69, 9.17) is 9.47 Å². The summed E-state index contributed by atoms with van der Waals surface area (Å²) in [6, 6.07) is 3.49. The number of hydrogen-bond acceptors (Lipinski definition) is 8. The van der Waals surface area contributed by atoms with Gasteiger partial charge in [0.15, 0.2) is 5.69 Å². The van der Waals surface area contributed by atoms with Crippen molar-refractivity contribution < 1.29 is 40.7 Å². The first kappa shape index (κ1) is 34.6. The molecule has 43 heavy (non-hydrogen) atoms. The third-order valence-electron chi connectivity index (χ3n) is 6.20. The molecule has 2 amide bonds. The van der Waals surface area contributed by atoms with Crippen molar-refractivity contribution in [2.75, 3.05) is 5.32 Å². The molecule has 0 unspecified atom stereocenters. The second-order valence-corrected chi connectivity index (χ2v) is 14.7. The normalized spacial score (nSPS) is 18.0. The second kappa shape index (κ2) is 13.4. The van der Waals surface area contributed by atoms with E-state index in [9.17, 15) is 31.2 Å². The molecule has 0 spiro atoms. The van der Waals surface area contributed by atoms with Crippen LogP contribution in [0.2, 0.25) is 0 Å². The quantitative estimate of drug-likeness (QED) is 0.280. The zero-order valence-electron chi connectivity index (χ0n) is 25.2. The van der Waals surface area contributed by atoms with Crippen molar-refractivity contribution in [3.8, 4) is 10.4 Å². The summed E-state index contributed by atoms with van der Waals surface area (Å²) in [5, 5.41) is 5.46. The Morgan fingerprint density at radius 2 is 1.56 bits per heavy atom. The monoisotopic (exact) mass is 648 g/mol. The highest BCUT2D eigenvalue weighted by molar-refractivity contribution is 7.89. The number of carbonyl (C=O) groups is 2.